The Morgan fingerprint density at radius 1 is 0.933 bits per heavy atom. The van der Waals surface area contributed by atoms with E-state index in [0.29, 0.717) is 11.3 Å². The molecule has 0 aliphatic rings. The van der Waals surface area contributed by atoms with Crippen LogP contribution in [-0.4, -0.2) is 22.6 Å². The van der Waals surface area contributed by atoms with Crippen molar-refractivity contribution in [3.05, 3.63) is 83.2 Å². The number of amides is 2. The van der Waals surface area contributed by atoms with E-state index in [0.717, 1.165) is 23.5 Å². The van der Waals surface area contributed by atoms with E-state index >= 15 is 0 Å². The summed E-state index contributed by atoms with van der Waals surface area (Å²) in [5, 5.41) is 2.18. The molecule has 0 unspecified atom stereocenters. The average Bonchev–Trinajstić information content (AvgIpc) is 3.03. The van der Waals surface area contributed by atoms with Crippen molar-refractivity contribution in [2.75, 3.05) is 10.7 Å². The molecule has 1 heterocycles. The predicted molar refractivity (Wildman–Crippen MR) is 109 cm³/mol. The van der Waals surface area contributed by atoms with Gasteiger partial charge in [-0.1, -0.05) is 6.07 Å². The van der Waals surface area contributed by atoms with Crippen LogP contribution in [0.3, 0.4) is 0 Å². The summed E-state index contributed by atoms with van der Waals surface area (Å²) in [4.78, 5) is 24.6. The van der Waals surface area contributed by atoms with Gasteiger partial charge in [-0.05, 0) is 69.3 Å². The Hall–Kier alpha value is -3.68. The fraction of sp³-hybridized carbons (Fsp3) is 0.182. The van der Waals surface area contributed by atoms with E-state index in [9.17, 15) is 18.4 Å². The number of aryl methyl sites for hydroxylation is 2. The number of nitrogens with zero attached hydrogens (tertiary/aromatic N) is 1. The van der Waals surface area contributed by atoms with Gasteiger partial charge in [0.15, 0.2) is 6.10 Å². The van der Waals surface area contributed by atoms with Crippen molar-refractivity contribution in [2.24, 2.45) is 0 Å². The molecule has 1 aromatic heterocycles. The number of hydrogen-bond acceptors (Lipinski definition) is 3. The summed E-state index contributed by atoms with van der Waals surface area (Å²) in [5.74, 6) is -2.43. The summed E-state index contributed by atoms with van der Waals surface area (Å²) in [7, 11) is 0. The molecule has 3 aromatic rings. The smallest absolute Gasteiger partial charge is 0.270 e. The van der Waals surface area contributed by atoms with Gasteiger partial charge >= 0.3 is 0 Å². The highest BCUT2D eigenvalue weighted by Crippen LogP contribution is 2.19. The molecule has 2 N–H and O–H groups in total. The average molecular weight is 413 g/mol. The highest BCUT2D eigenvalue weighted by molar-refractivity contribution is 6.00. The van der Waals surface area contributed by atoms with Gasteiger partial charge in [0.25, 0.3) is 11.8 Å². The van der Waals surface area contributed by atoms with Crippen molar-refractivity contribution in [1.29, 1.82) is 0 Å². The maximum atomic E-state index is 13.7. The predicted octanol–water partition coefficient (Wildman–Crippen LogP) is 4.17. The first kappa shape index (κ1) is 21.0. The Balaban J connectivity index is 1.62. The maximum Gasteiger partial charge on any atom is 0.270 e. The van der Waals surface area contributed by atoms with Gasteiger partial charge in [-0.3, -0.25) is 19.7 Å². The number of aromatic nitrogens is 1. The molecule has 3 rings (SSSR count). The minimum atomic E-state index is -1.02. The molecule has 0 fully saturated rings. The third-order valence-electron chi connectivity index (χ3n) is 4.49. The van der Waals surface area contributed by atoms with Crippen LogP contribution in [0, 0.1) is 25.5 Å². The lowest BCUT2D eigenvalue weighted by molar-refractivity contribution is -0.122. The van der Waals surface area contributed by atoms with Gasteiger partial charge in [0.2, 0.25) is 0 Å². The first-order valence-electron chi connectivity index (χ1n) is 9.24. The maximum absolute atomic E-state index is 13.7. The molecule has 156 valence electrons. The fourth-order valence-corrected chi connectivity index (χ4v) is 2.80. The normalized spacial score (nSPS) is 11.6. The number of nitrogens with one attached hydrogen (secondary N) is 2. The Labute approximate surface area is 172 Å². The van der Waals surface area contributed by atoms with Crippen molar-refractivity contribution in [2.45, 2.75) is 26.9 Å². The summed E-state index contributed by atoms with van der Waals surface area (Å²) < 4.78 is 34.5. The standard InChI is InChI=1S/C22H21F2N3O3/c1-13-7-8-14(2)27(13)26-22(29)16-9-11-17(12-10-16)30-15(3)21(28)25-20-18(23)5-4-6-19(20)24/h4-12,15H,1-3H3,(H,25,28)(H,26,29)/t15-/m0/s1. The highest BCUT2D eigenvalue weighted by atomic mass is 19.1. The Kier molecular flexibility index (Phi) is 6.15. The van der Waals surface area contributed by atoms with Crippen LogP contribution in [0.4, 0.5) is 14.5 Å². The monoisotopic (exact) mass is 413 g/mol. The van der Waals surface area contributed by atoms with Gasteiger partial charge in [0.1, 0.15) is 23.1 Å². The zero-order valence-corrected chi connectivity index (χ0v) is 16.7. The Bertz CT molecular complexity index is 1040. The lowest BCUT2D eigenvalue weighted by Gasteiger charge is -2.16. The van der Waals surface area contributed by atoms with Gasteiger partial charge in [0.05, 0.1) is 0 Å². The number of rotatable bonds is 6. The van der Waals surface area contributed by atoms with Crippen LogP contribution in [-0.2, 0) is 4.79 Å². The first-order valence-corrected chi connectivity index (χ1v) is 9.24. The summed E-state index contributed by atoms with van der Waals surface area (Å²) in [6, 6.07) is 13.3. The van der Waals surface area contributed by atoms with Crippen molar-refractivity contribution < 1.29 is 23.1 Å². The van der Waals surface area contributed by atoms with Crippen molar-refractivity contribution in [3.8, 4) is 5.75 Å². The molecular weight excluding hydrogens is 392 g/mol. The van der Waals surface area contributed by atoms with E-state index in [-0.39, 0.29) is 5.91 Å². The molecule has 0 spiro atoms. The largest absolute Gasteiger partial charge is 0.481 e. The third kappa shape index (κ3) is 4.65. The number of halogens is 2. The molecule has 0 saturated heterocycles. The number of ether oxygens (including phenoxy) is 1. The summed E-state index contributed by atoms with van der Waals surface area (Å²) in [5.41, 5.74) is 4.46. The second-order valence-corrected chi connectivity index (χ2v) is 6.76. The number of hydrogen-bond donors (Lipinski definition) is 2. The molecule has 2 aromatic carbocycles. The van der Waals surface area contributed by atoms with E-state index in [1.165, 1.54) is 25.1 Å². The number of carbonyl (C=O) groups is 2. The fourth-order valence-electron chi connectivity index (χ4n) is 2.80. The molecule has 8 heteroatoms. The van der Waals surface area contributed by atoms with E-state index in [2.05, 4.69) is 10.7 Å². The van der Waals surface area contributed by atoms with Crippen LogP contribution in [0.5, 0.6) is 5.75 Å². The van der Waals surface area contributed by atoms with Crippen LogP contribution in [0.1, 0.15) is 28.7 Å². The zero-order valence-electron chi connectivity index (χ0n) is 16.7. The van der Waals surface area contributed by atoms with Crippen molar-refractivity contribution in [1.82, 2.24) is 4.68 Å². The number of benzene rings is 2. The van der Waals surface area contributed by atoms with E-state index in [1.807, 2.05) is 26.0 Å². The molecule has 30 heavy (non-hydrogen) atoms. The molecule has 1 atom stereocenters. The Morgan fingerprint density at radius 2 is 1.50 bits per heavy atom. The molecule has 0 saturated carbocycles. The highest BCUT2D eigenvalue weighted by Gasteiger charge is 2.19. The lowest BCUT2D eigenvalue weighted by atomic mass is 10.2. The quantitative estimate of drug-likeness (QED) is 0.637. The molecule has 0 bridgehead atoms. The van der Waals surface area contributed by atoms with Crippen LogP contribution in [0.25, 0.3) is 0 Å². The topological polar surface area (TPSA) is 72.4 Å². The van der Waals surface area contributed by atoms with E-state index in [1.54, 1.807) is 16.8 Å². The Morgan fingerprint density at radius 3 is 2.07 bits per heavy atom. The van der Waals surface area contributed by atoms with Crippen LogP contribution < -0.4 is 15.5 Å². The third-order valence-corrected chi connectivity index (χ3v) is 4.49. The molecule has 0 aliphatic carbocycles. The van der Waals surface area contributed by atoms with Gasteiger partial charge < -0.3 is 10.1 Å². The van der Waals surface area contributed by atoms with Crippen molar-refractivity contribution >= 4 is 17.5 Å². The second kappa shape index (κ2) is 8.77. The lowest BCUT2D eigenvalue weighted by Crippen LogP contribution is -2.31. The van der Waals surface area contributed by atoms with E-state index < -0.39 is 29.3 Å². The van der Waals surface area contributed by atoms with Gasteiger partial charge in [-0.25, -0.2) is 8.78 Å². The van der Waals surface area contributed by atoms with Crippen LogP contribution >= 0.6 is 0 Å². The second-order valence-electron chi connectivity index (χ2n) is 6.76. The molecular formula is C22H21F2N3O3. The van der Waals surface area contributed by atoms with Gasteiger partial charge in [-0.2, -0.15) is 0 Å². The van der Waals surface area contributed by atoms with E-state index in [4.69, 9.17) is 4.74 Å². The summed E-state index contributed by atoms with van der Waals surface area (Å²) in [6.45, 7) is 5.21. The SMILES string of the molecule is Cc1ccc(C)n1NC(=O)c1ccc(O[C@@H](C)C(=O)Nc2c(F)cccc2F)cc1. The first-order chi connectivity index (χ1) is 14.3. The summed E-state index contributed by atoms with van der Waals surface area (Å²) in [6.07, 6.45) is -1.02. The van der Waals surface area contributed by atoms with Crippen LogP contribution in [0.15, 0.2) is 54.6 Å². The summed E-state index contributed by atoms with van der Waals surface area (Å²) >= 11 is 0. The number of para-hydroxylation sites is 1. The van der Waals surface area contributed by atoms with Gasteiger partial charge in [0, 0.05) is 17.0 Å². The zero-order chi connectivity index (χ0) is 21.8. The number of carbonyl (C=O) groups excluding carboxylic acids is 2. The molecule has 2 amide bonds. The molecule has 6 nitrogen and oxygen atoms in total. The van der Waals surface area contributed by atoms with Crippen LogP contribution in [0.2, 0.25) is 0 Å². The molecule has 0 aliphatic heterocycles. The molecule has 0 radical (unpaired) electrons. The van der Waals surface area contributed by atoms with Gasteiger partial charge in [-0.15, -0.1) is 0 Å². The minimum Gasteiger partial charge on any atom is -0.481 e. The number of anilines is 1. The van der Waals surface area contributed by atoms with Crippen molar-refractivity contribution in [3.63, 3.8) is 0 Å². The minimum absolute atomic E-state index is 0.301.